The molecule has 1 aromatic heterocycles. The fourth-order valence-corrected chi connectivity index (χ4v) is 5.02. The summed E-state index contributed by atoms with van der Waals surface area (Å²) in [4.78, 5) is 22.9. The smallest absolute Gasteiger partial charge is 0.413 e. The molecule has 0 aliphatic rings. The maximum Gasteiger partial charge on any atom is 0.413 e. The molecule has 6 nitrogen and oxygen atoms in total. The quantitative estimate of drug-likeness (QED) is 0.680. The van der Waals surface area contributed by atoms with Crippen LogP contribution in [0.1, 0.15) is 37.8 Å². The third-order valence-corrected chi connectivity index (χ3v) is 6.77. The molecule has 0 saturated heterocycles. The summed E-state index contributed by atoms with van der Waals surface area (Å²) >= 11 is 4.32. The molecule has 0 radical (unpaired) electrons. The highest BCUT2D eigenvalue weighted by Crippen LogP contribution is 2.32. The predicted octanol–water partition coefficient (Wildman–Crippen LogP) is 4.32. The molecule has 0 spiro atoms. The van der Waals surface area contributed by atoms with Crippen LogP contribution >= 0.6 is 34.9 Å². The molecule has 1 atom stereocenters. The van der Waals surface area contributed by atoms with Gasteiger partial charge in [-0.1, -0.05) is 73.0 Å². The number of carbonyl (C=O) groups excluding carboxylic acids is 2. The molecule has 1 N–H and O–H groups in total. The van der Waals surface area contributed by atoms with E-state index < -0.39 is 17.3 Å². The van der Waals surface area contributed by atoms with Crippen LogP contribution in [-0.2, 0) is 15.3 Å². The van der Waals surface area contributed by atoms with E-state index in [9.17, 15) is 9.59 Å². The van der Waals surface area contributed by atoms with Gasteiger partial charge in [0.25, 0.3) is 0 Å². The highest BCUT2D eigenvalue weighted by molar-refractivity contribution is 8.03. The van der Waals surface area contributed by atoms with Gasteiger partial charge in [0.1, 0.15) is 0 Å². The molecule has 0 aliphatic heterocycles. The van der Waals surface area contributed by atoms with Gasteiger partial charge in [0.15, 0.2) is 8.68 Å². The summed E-state index contributed by atoms with van der Waals surface area (Å²) < 4.78 is 5.95. The van der Waals surface area contributed by atoms with Gasteiger partial charge in [0, 0.05) is 5.75 Å². The van der Waals surface area contributed by atoms with Crippen molar-refractivity contribution in [3.05, 3.63) is 35.4 Å². The largest absolute Gasteiger partial charge is 0.453 e. The van der Waals surface area contributed by atoms with E-state index >= 15 is 0 Å². The van der Waals surface area contributed by atoms with Crippen molar-refractivity contribution in [3.8, 4) is 0 Å². The molecule has 140 valence electrons. The molecule has 0 bridgehead atoms. The topological polar surface area (TPSA) is 81.2 Å². The van der Waals surface area contributed by atoms with Crippen LogP contribution in [0.5, 0.6) is 0 Å². The van der Waals surface area contributed by atoms with Crippen molar-refractivity contribution in [3.63, 3.8) is 0 Å². The zero-order valence-corrected chi connectivity index (χ0v) is 17.5. The molecule has 0 saturated carbocycles. The number of rotatable bonds is 7. The van der Waals surface area contributed by atoms with Crippen molar-refractivity contribution >= 4 is 46.9 Å². The summed E-state index contributed by atoms with van der Waals surface area (Å²) in [5.41, 5.74) is 2.56. The Balaban J connectivity index is 1.85. The first-order valence-electron chi connectivity index (χ1n) is 7.99. The average molecular weight is 412 g/mol. The van der Waals surface area contributed by atoms with Crippen molar-refractivity contribution < 1.29 is 14.3 Å². The highest BCUT2D eigenvalue weighted by Gasteiger charge is 2.19. The van der Waals surface area contributed by atoms with Gasteiger partial charge >= 0.3 is 6.09 Å². The lowest BCUT2D eigenvalue weighted by atomic mass is 10.0. The van der Waals surface area contributed by atoms with Crippen LogP contribution in [0.4, 0.5) is 4.79 Å². The fourth-order valence-electron chi connectivity index (χ4n) is 1.90. The molecule has 0 aliphatic carbocycles. The summed E-state index contributed by atoms with van der Waals surface area (Å²) in [7, 11) is 1.21. The highest BCUT2D eigenvalue weighted by atomic mass is 32.2. The van der Waals surface area contributed by atoms with E-state index in [1.165, 1.54) is 41.3 Å². The number of aromatic nitrogens is 2. The summed E-state index contributed by atoms with van der Waals surface area (Å²) in [6.07, 6.45) is -0.764. The van der Waals surface area contributed by atoms with Gasteiger partial charge in [-0.2, -0.15) is 0 Å². The molecule has 2 aromatic rings. The lowest BCUT2D eigenvalue weighted by molar-refractivity contribution is -0.119. The second-order valence-electron chi connectivity index (χ2n) is 5.76. The molecule has 1 aromatic carbocycles. The van der Waals surface area contributed by atoms with E-state index in [0.29, 0.717) is 10.3 Å². The number of hydrogen-bond donors (Lipinski definition) is 1. The van der Waals surface area contributed by atoms with Crippen LogP contribution in [0.15, 0.2) is 32.9 Å². The number of thioether (sulfide) groups is 2. The first kappa shape index (κ1) is 20.7. The molecule has 0 unspecified atom stereocenters. The SMILES string of the molecule is COC(=O)NC(=O)[C@@H](C)Sc1nnc(SCc2ccc(C(C)C)cc2)s1. The number of imide groups is 1. The van der Waals surface area contributed by atoms with E-state index in [0.717, 1.165) is 10.1 Å². The summed E-state index contributed by atoms with van der Waals surface area (Å²) in [6, 6.07) is 8.59. The van der Waals surface area contributed by atoms with E-state index in [1.807, 2.05) is 0 Å². The summed E-state index contributed by atoms with van der Waals surface area (Å²) in [5, 5.41) is 9.93. The Kier molecular flexibility index (Phi) is 7.92. The second kappa shape index (κ2) is 9.94. The molecular weight excluding hydrogens is 390 g/mol. The average Bonchev–Trinajstić information content (AvgIpc) is 3.07. The van der Waals surface area contributed by atoms with Gasteiger partial charge in [-0.25, -0.2) is 4.79 Å². The van der Waals surface area contributed by atoms with Crippen molar-refractivity contribution in [2.75, 3.05) is 7.11 Å². The molecule has 9 heteroatoms. The first-order chi connectivity index (χ1) is 12.4. The zero-order chi connectivity index (χ0) is 19.1. The zero-order valence-electron chi connectivity index (χ0n) is 15.0. The van der Waals surface area contributed by atoms with E-state index in [-0.39, 0.29) is 0 Å². The monoisotopic (exact) mass is 411 g/mol. The number of amides is 2. The molecule has 0 fully saturated rings. The number of methoxy groups -OCH3 is 1. The van der Waals surface area contributed by atoms with Gasteiger partial charge in [0.2, 0.25) is 5.91 Å². The third kappa shape index (κ3) is 6.30. The van der Waals surface area contributed by atoms with Crippen LogP contribution in [0.25, 0.3) is 0 Å². The molecule has 2 amide bonds. The van der Waals surface area contributed by atoms with E-state index in [2.05, 4.69) is 58.4 Å². The Labute approximate surface area is 165 Å². The minimum absolute atomic E-state index is 0.420. The summed E-state index contributed by atoms with van der Waals surface area (Å²) in [5.74, 6) is 0.921. The van der Waals surface area contributed by atoms with Gasteiger partial charge in [-0.15, -0.1) is 10.2 Å². The van der Waals surface area contributed by atoms with Gasteiger partial charge < -0.3 is 4.74 Å². The lowest BCUT2D eigenvalue weighted by Crippen LogP contribution is -2.35. The number of hydrogen-bond acceptors (Lipinski definition) is 8. The van der Waals surface area contributed by atoms with Gasteiger partial charge in [-0.3, -0.25) is 10.1 Å². The Morgan fingerprint density at radius 2 is 1.81 bits per heavy atom. The van der Waals surface area contributed by atoms with Crippen LogP contribution in [0.2, 0.25) is 0 Å². The number of benzene rings is 1. The Hall–Kier alpha value is -1.58. The molecule has 2 rings (SSSR count). The number of alkyl carbamates (subject to hydrolysis) is 1. The third-order valence-electron chi connectivity index (χ3n) is 3.45. The van der Waals surface area contributed by atoms with E-state index in [1.54, 1.807) is 18.7 Å². The van der Waals surface area contributed by atoms with Crippen molar-refractivity contribution in [2.24, 2.45) is 0 Å². The van der Waals surface area contributed by atoms with Crippen LogP contribution in [0.3, 0.4) is 0 Å². The van der Waals surface area contributed by atoms with Crippen molar-refractivity contribution in [1.82, 2.24) is 15.5 Å². The van der Waals surface area contributed by atoms with Crippen LogP contribution < -0.4 is 5.32 Å². The first-order valence-corrected chi connectivity index (χ1v) is 10.7. The predicted molar refractivity (Wildman–Crippen MR) is 106 cm³/mol. The minimum Gasteiger partial charge on any atom is -0.453 e. The maximum atomic E-state index is 11.8. The fraction of sp³-hybridized carbons (Fsp3) is 0.412. The van der Waals surface area contributed by atoms with E-state index in [4.69, 9.17) is 0 Å². The minimum atomic E-state index is -0.764. The number of nitrogens with one attached hydrogen (secondary N) is 1. The Bertz CT molecular complexity index is 747. The summed E-state index contributed by atoms with van der Waals surface area (Å²) in [6.45, 7) is 6.06. The Morgan fingerprint density at radius 1 is 1.15 bits per heavy atom. The number of ether oxygens (including phenoxy) is 1. The normalized spacial score (nSPS) is 12.0. The van der Waals surface area contributed by atoms with Crippen molar-refractivity contribution in [2.45, 2.75) is 46.4 Å². The van der Waals surface area contributed by atoms with Crippen LogP contribution in [-0.4, -0.2) is 34.6 Å². The molecular formula is C17H21N3O3S3. The maximum absolute atomic E-state index is 11.8. The van der Waals surface area contributed by atoms with Crippen molar-refractivity contribution in [1.29, 1.82) is 0 Å². The standard InChI is InChI=1S/C17H21N3O3S3/c1-10(2)13-7-5-12(6-8-13)9-24-16-19-20-17(26-16)25-11(3)14(21)18-15(22)23-4/h5-8,10-11H,9H2,1-4H3,(H,18,21,22)/t11-/m1/s1. The molecule has 26 heavy (non-hydrogen) atoms. The molecule has 1 heterocycles. The number of carbonyl (C=O) groups is 2. The second-order valence-corrected chi connectivity index (χ2v) is 9.55. The Morgan fingerprint density at radius 3 is 2.42 bits per heavy atom. The lowest BCUT2D eigenvalue weighted by Gasteiger charge is -2.07. The van der Waals surface area contributed by atoms with Gasteiger partial charge in [-0.05, 0) is 24.0 Å². The number of nitrogens with zero attached hydrogens (tertiary/aromatic N) is 2. The van der Waals surface area contributed by atoms with Gasteiger partial charge in [0.05, 0.1) is 12.4 Å². The van der Waals surface area contributed by atoms with Crippen LogP contribution in [0, 0.1) is 0 Å².